The first-order valence-corrected chi connectivity index (χ1v) is 7.32. The Balaban J connectivity index is 1.89. The van der Waals surface area contributed by atoms with Crippen LogP contribution in [-0.4, -0.2) is 30.9 Å². The van der Waals surface area contributed by atoms with Gasteiger partial charge in [-0.25, -0.2) is 19.0 Å². The lowest BCUT2D eigenvalue weighted by Gasteiger charge is -2.05. The third kappa shape index (κ3) is 3.09. The normalized spacial score (nSPS) is 10.7. The number of amides is 1. The minimum atomic E-state index is -0.532. The van der Waals surface area contributed by atoms with E-state index in [1.54, 1.807) is 26.1 Å². The third-order valence-electron chi connectivity index (χ3n) is 3.28. The topological polar surface area (TPSA) is 85.6 Å². The number of hydrogen-bond donors (Lipinski definition) is 1. The van der Waals surface area contributed by atoms with Crippen LogP contribution in [0.1, 0.15) is 22.0 Å². The van der Waals surface area contributed by atoms with E-state index in [-0.39, 0.29) is 10.7 Å². The number of anilines is 1. The molecule has 2 aromatic heterocycles. The van der Waals surface area contributed by atoms with Crippen LogP contribution >= 0.6 is 11.6 Å². The van der Waals surface area contributed by atoms with E-state index in [0.717, 1.165) is 0 Å². The summed E-state index contributed by atoms with van der Waals surface area (Å²) in [4.78, 5) is 20.4. The van der Waals surface area contributed by atoms with Crippen molar-refractivity contribution in [1.82, 2.24) is 25.0 Å². The van der Waals surface area contributed by atoms with Gasteiger partial charge in [-0.15, -0.1) is 5.10 Å². The monoisotopic (exact) mass is 346 g/mol. The number of aromatic nitrogens is 5. The fourth-order valence-corrected chi connectivity index (χ4v) is 2.28. The van der Waals surface area contributed by atoms with Crippen LogP contribution in [0.2, 0.25) is 5.02 Å². The number of carbonyl (C=O) groups excluding carboxylic acids is 1. The Kier molecular flexibility index (Phi) is 4.22. The highest BCUT2D eigenvalue weighted by molar-refractivity contribution is 6.30. The fourth-order valence-electron chi connectivity index (χ4n) is 2.10. The predicted octanol–water partition coefficient (Wildman–Crippen LogP) is 2.72. The van der Waals surface area contributed by atoms with Crippen molar-refractivity contribution in [1.29, 1.82) is 0 Å². The number of rotatable bonds is 3. The zero-order valence-electron chi connectivity index (χ0n) is 12.8. The molecule has 2 heterocycles. The van der Waals surface area contributed by atoms with Gasteiger partial charge >= 0.3 is 0 Å². The van der Waals surface area contributed by atoms with E-state index in [1.165, 1.54) is 22.9 Å². The summed E-state index contributed by atoms with van der Waals surface area (Å²) in [5, 5.41) is 10.4. The Morgan fingerprint density at radius 2 is 2.08 bits per heavy atom. The number of halogens is 2. The molecule has 0 radical (unpaired) electrons. The Bertz CT molecular complexity index is 926. The van der Waals surface area contributed by atoms with Crippen molar-refractivity contribution in [3.63, 3.8) is 0 Å². The molecule has 0 spiro atoms. The first-order valence-electron chi connectivity index (χ1n) is 6.94. The van der Waals surface area contributed by atoms with Gasteiger partial charge in [0.1, 0.15) is 17.5 Å². The largest absolute Gasteiger partial charge is 0.305 e. The van der Waals surface area contributed by atoms with Crippen molar-refractivity contribution < 1.29 is 9.18 Å². The zero-order valence-corrected chi connectivity index (χ0v) is 13.5. The molecule has 1 aromatic carbocycles. The highest BCUT2D eigenvalue weighted by atomic mass is 35.5. The van der Waals surface area contributed by atoms with Crippen LogP contribution in [0.3, 0.4) is 0 Å². The second-order valence-corrected chi connectivity index (χ2v) is 5.38. The molecule has 0 bridgehead atoms. The van der Waals surface area contributed by atoms with Crippen LogP contribution in [0.25, 0.3) is 5.69 Å². The molecular formula is C15H12ClFN6O. The predicted molar refractivity (Wildman–Crippen MR) is 85.8 cm³/mol. The molecule has 24 heavy (non-hydrogen) atoms. The molecular weight excluding hydrogens is 335 g/mol. The minimum Gasteiger partial charge on any atom is -0.305 e. The Labute approximate surface area is 141 Å². The average Bonchev–Trinajstić information content (AvgIpc) is 2.92. The Morgan fingerprint density at radius 1 is 1.29 bits per heavy atom. The molecule has 0 fully saturated rings. The average molecular weight is 347 g/mol. The van der Waals surface area contributed by atoms with Crippen molar-refractivity contribution in [3.8, 4) is 5.69 Å². The zero-order chi connectivity index (χ0) is 17.3. The van der Waals surface area contributed by atoms with Crippen LogP contribution < -0.4 is 5.32 Å². The van der Waals surface area contributed by atoms with Gasteiger partial charge in [0.15, 0.2) is 5.69 Å². The van der Waals surface area contributed by atoms with E-state index in [0.29, 0.717) is 23.0 Å². The summed E-state index contributed by atoms with van der Waals surface area (Å²) in [5.74, 6) is -0.0826. The van der Waals surface area contributed by atoms with Gasteiger partial charge in [-0.05, 0) is 38.1 Å². The van der Waals surface area contributed by atoms with Crippen LogP contribution in [0.15, 0.2) is 30.5 Å². The van der Waals surface area contributed by atoms with Gasteiger partial charge in [-0.1, -0.05) is 16.8 Å². The first-order chi connectivity index (χ1) is 11.5. The van der Waals surface area contributed by atoms with E-state index in [2.05, 4.69) is 25.6 Å². The maximum absolute atomic E-state index is 13.3. The van der Waals surface area contributed by atoms with Gasteiger partial charge in [-0.2, -0.15) is 0 Å². The molecule has 0 saturated heterocycles. The van der Waals surface area contributed by atoms with Gasteiger partial charge in [0.2, 0.25) is 0 Å². The lowest BCUT2D eigenvalue weighted by atomic mass is 10.2. The molecule has 3 aromatic rings. The molecule has 1 amide bonds. The van der Waals surface area contributed by atoms with Crippen molar-refractivity contribution in [2.45, 2.75) is 13.8 Å². The number of aryl methyl sites for hydroxylation is 1. The molecule has 9 heteroatoms. The molecule has 0 unspecified atom stereocenters. The summed E-state index contributed by atoms with van der Waals surface area (Å²) < 4.78 is 14.7. The van der Waals surface area contributed by atoms with Crippen LogP contribution in [0.5, 0.6) is 0 Å². The van der Waals surface area contributed by atoms with E-state index in [9.17, 15) is 9.18 Å². The second-order valence-electron chi connectivity index (χ2n) is 4.98. The van der Waals surface area contributed by atoms with E-state index in [1.807, 2.05) is 0 Å². The number of carbonyl (C=O) groups is 1. The highest BCUT2D eigenvalue weighted by Gasteiger charge is 2.18. The van der Waals surface area contributed by atoms with Crippen molar-refractivity contribution >= 4 is 23.3 Å². The summed E-state index contributed by atoms with van der Waals surface area (Å²) in [5.41, 5.74) is 1.12. The number of benzene rings is 1. The van der Waals surface area contributed by atoms with E-state index >= 15 is 0 Å². The lowest BCUT2D eigenvalue weighted by Crippen LogP contribution is -2.15. The fraction of sp³-hybridized carbons (Fsp3) is 0.133. The highest BCUT2D eigenvalue weighted by Crippen LogP contribution is 2.20. The van der Waals surface area contributed by atoms with Crippen LogP contribution in [0.4, 0.5) is 10.2 Å². The maximum atomic E-state index is 13.3. The first kappa shape index (κ1) is 16.0. The van der Waals surface area contributed by atoms with Gasteiger partial charge < -0.3 is 5.32 Å². The molecule has 3 rings (SSSR count). The summed E-state index contributed by atoms with van der Waals surface area (Å²) in [6.45, 7) is 3.40. The summed E-state index contributed by atoms with van der Waals surface area (Å²) in [6, 6.07) is 5.71. The van der Waals surface area contributed by atoms with Crippen molar-refractivity contribution in [2.24, 2.45) is 0 Å². The van der Waals surface area contributed by atoms with Crippen molar-refractivity contribution in [3.05, 3.63) is 58.5 Å². The SMILES string of the molecule is Cc1nccc(NC(=O)c2nnn(-c3ccc(F)c(Cl)c3)c2C)n1. The van der Waals surface area contributed by atoms with E-state index in [4.69, 9.17) is 11.6 Å². The van der Waals surface area contributed by atoms with Gasteiger partial charge in [0, 0.05) is 6.20 Å². The quantitative estimate of drug-likeness (QED) is 0.788. The molecule has 0 aliphatic heterocycles. The molecule has 7 nitrogen and oxygen atoms in total. The molecule has 0 aliphatic rings. The number of hydrogen-bond acceptors (Lipinski definition) is 5. The smallest absolute Gasteiger partial charge is 0.279 e. The van der Waals surface area contributed by atoms with Gasteiger partial charge in [-0.3, -0.25) is 4.79 Å². The van der Waals surface area contributed by atoms with E-state index < -0.39 is 11.7 Å². The third-order valence-corrected chi connectivity index (χ3v) is 3.56. The molecule has 0 atom stereocenters. The summed E-state index contributed by atoms with van der Waals surface area (Å²) in [6.07, 6.45) is 1.54. The number of nitrogens with one attached hydrogen (secondary N) is 1. The molecule has 1 N–H and O–H groups in total. The van der Waals surface area contributed by atoms with Crippen molar-refractivity contribution in [2.75, 3.05) is 5.32 Å². The Morgan fingerprint density at radius 3 is 2.79 bits per heavy atom. The lowest BCUT2D eigenvalue weighted by molar-refractivity contribution is 0.102. The second kappa shape index (κ2) is 6.32. The van der Waals surface area contributed by atoms with Crippen LogP contribution in [-0.2, 0) is 0 Å². The maximum Gasteiger partial charge on any atom is 0.279 e. The minimum absolute atomic E-state index is 0.0372. The molecule has 122 valence electrons. The van der Waals surface area contributed by atoms with Crippen LogP contribution in [0, 0.1) is 19.7 Å². The summed E-state index contributed by atoms with van der Waals surface area (Å²) in [7, 11) is 0. The Hall–Kier alpha value is -2.87. The molecule has 0 aliphatic carbocycles. The van der Waals surface area contributed by atoms with Gasteiger partial charge in [0.05, 0.1) is 16.4 Å². The molecule has 0 saturated carbocycles. The number of nitrogens with zero attached hydrogens (tertiary/aromatic N) is 5. The standard InChI is InChI=1S/C15H12ClFN6O/c1-8-14(15(24)20-13-5-6-18-9(2)19-13)21-22-23(8)10-3-4-12(17)11(16)7-10/h3-7H,1-2H3,(H,18,19,20,24). The summed E-state index contributed by atoms with van der Waals surface area (Å²) >= 11 is 5.78. The van der Waals surface area contributed by atoms with Gasteiger partial charge in [0.25, 0.3) is 5.91 Å².